The summed E-state index contributed by atoms with van der Waals surface area (Å²) >= 11 is 5.46. The molecule has 0 heterocycles. The first-order valence-corrected chi connectivity index (χ1v) is 4.10. The number of aliphatic hydroxyl groups excluding tert-OH is 1. The summed E-state index contributed by atoms with van der Waals surface area (Å²) in [5.41, 5.74) is 0. The number of rotatable bonds is 5. The average Bonchev–Trinajstić information content (AvgIpc) is 2.00. The summed E-state index contributed by atoms with van der Waals surface area (Å²) in [6.45, 7) is 1.94. The molecule has 72 valence electrons. The highest BCUT2D eigenvalue weighted by molar-refractivity contribution is 6.30. The first kappa shape index (κ1) is 11.7. The zero-order chi connectivity index (χ0) is 9.56. The topological polar surface area (TPSA) is 58.6 Å². The zero-order valence-corrected chi connectivity index (χ0v) is 7.97. The Kier molecular flexibility index (Phi) is 6.06. The molecule has 0 aromatic carbocycles. The van der Waals surface area contributed by atoms with E-state index in [1.54, 1.807) is 6.92 Å². The number of amides is 1. The summed E-state index contributed by atoms with van der Waals surface area (Å²) in [7, 11) is 1.48. The van der Waals surface area contributed by atoms with Gasteiger partial charge in [-0.05, 0) is 6.92 Å². The third kappa shape index (κ3) is 5.35. The second-order valence-electron chi connectivity index (χ2n) is 2.47. The van der Waals surface area contributed by atoms with Gasteiger partial charge in [-0.1, -0.05) is 0 Å². The fourth-order valence-electron chi connectivity index (χ4n) is 0.610. The first-order valence-electron chi connectivity index (χ1n) is 3.66. The molecule has 0 saturated heterocycles. The molecule has 0 rings (SSSR count). The molecule has 12 heavy (non-hydrogen) atoms. The Hall–Kier alpha value is -0.320. The maximum absolute atomic E-state index is 10.9. The van der Waals surface area contributed by atoms with Crippen LogP contribution in [-0.4, -0.2) is 42.8 Å². The van der Waals surface area contributed by atoms with E-state index in [1.165, 1.54) is 7.11 Å². The fourth-order valence-corrected chi connectivity index (χ4v) is 0.688. The smallest absolute Gasteiger partial charge is 0.237 e. The van der Waals surface area contributed by atoms with Crippen LogP contribution in [0.5, 0.6) is 0 Å². The Bertz CT molecular complexity index is 141. The molecule has 0 aliphatic carbocycles. The Morgan fingerprint density at radius 3 is 2.75 bits per heavy atom. The predicted molar refractivity (Wildman–Crippen MR) is 46.2 cm³/mol. The van der Waals surface area contributed by atoms with E-state index in [0.29, 0.717) is 0 Å². The molecule has 0 aromatic heterocycles. The number of carbonyl (C=O) groups excluding carboxylic acids is 1. The highest BCUT2D eigenvalue weighted by Crippen LogP contribution is 1.92. The van der Waals surface area contributed by atoms with Crippen molar-refractivity contribution in [1.29, 1.82) is 0 Å². The molecule has 0 aromatic rings. The molecular formula is C7H14ClNO3. The van der Waals surface area contributed by atoms with Crippen LogP contribution in [0.4, 0.5) is 0 Å². The quantitative estimate of drug-likeness (QED) is 0.595. The summed E-state index contributed by atoms with van der Waals surface area (Å²) in [5, 5.41) is 11.0. The molecule has 5 heteroatoms. The van der Waals surface area contributed by atoms with Crippen molar-refractivity contribution in [3.05, 3.63) is 0 Å². The molecule has 0 fully saturated rings. The lowest BCUT2D eigenvalue weighted by atomic mass is 10.3. The normalized spacial score (nSPS) is 15.3. The number of alkyl halides is 1. The van der Waals surface area contributed by atoms with Crippen molar-refractivity contribution in [2.24, 2.45) is 0 Å². The summed E-state index contributed by atoms with van der Waals surface area (Å²) in [4.78, 5) is 10.9. The number of nitrogens with one attached hydrogen (secondary N) is 1. The number of aliphatic hydroxyl groups is 1. The van der Waals surface area contributed by atoms with E-state index in [4.69, 9.17) is 16.7 Å². The number of halogens is 1. The van der Waals surface area contributed by atoms with Crippen molar-refractivity contribution in [1.82, 2.24) is 5.32 Å². The van der Waals surface area contributed by atoms with Crippen LogP contribution in [0, 0.1) is 0 Å². The first-order chi connectivity index (χ1) is 5.57. The Balaban J connectivity index is 3.47. The van der Waals surface area contributed by atoms with Crippen molar-refractivity contribution >= 4 is 17.5 Å². The molecule has 0 bridgehead atoms. The van der Waals surface area contributed by atoms with Gasteiger partial charge in [0.25, 0.3) is 0 Å². The van der Waals surface area contributed by atoms with Gasteiger partial charge in [0.1, 0.15) is 5.38 Å². The van der Waals surface area contributed by atoms with Crippen molar-refractivity contribution < 1.29 is 14.6 Å². The zero-order valence-electron chi connectivity index (χ0n) is 7.21. The average molecular weight is 196 g/mol. The molecule has 0 aliphatic rings. The fraction of sp³-hybridized carbons (Fsp3) is 0.857. The van der Waals surface area contributed by atoms with Crippen LogP contribution in [0.15, 0.2) is 0 Å². The monoisotopic (exact) mass is 195 g/mol. The van der Waals surface area contributed by atoms with Crippen LogP contribution in [0.2, 0.25) is 0 Å². The molecular weight excluding hydrogens is 182 g/mol. The van der Waals surface area contributed by atoms with Gasteiger partial charge < -0.3 is 15.2 Å². The van der Waals surface area contributed by atoms with Crippen LogP contribution < -0.4 is 5.32 Å². The maximum atomic E-state index is 10.9. The molecule has 0 saturated carbocycles. The van der Waals surface area contributed by atoms with E-state index in [2.05, 4.69) is 10.1 Å². The third-order valence-corrected chi connectivity index (χ3v) is 1.43. The Labute approximate surface area is 76.9 Å². The van der Waals surface area contributed by atoms with E-state index < -0.39 is 11.5 Å². The van der Waals surface area contributed by atoms with Gasteiger partial charge in [-0.3, -0.25) is 4.79 Å². The number of hydrogen-bond donors (Lipinski definition) is 2. The minimum absolute atomic E-state index is 0.170. The Morgan fingerprint density at radius 1 is 1.75 bits per heavy atom. The number of carbonyl (C=O) groups is 1. The van der Waals surface area contributed by atoms with Gasteiger partial charge in [0.05, 0.1) is 12.7 Å². The standard InChI is InChI=1S/C7H14ClNO3/c1-5(8)7(11)9-3-6(10)4-12-2/h5-6,10H,3-4H2,1-2H3,(H,9,11)/t5?,6-/m1/s1. The summed E-state index contributed by atoms with van der Waals surface area (Å²) < 4.78 is 4.66. The molecule has 2 N–H and O–H groups in total. The van der Waals surface area contributed by atoms with Crippen LogP contribution in [0.1, 0.15) is 6.92 Å². The van der Waals surface area contributed by atoms with Gasteiger partial charge in [-0.15, -0.1) is 11.6 Å². The maximum Gasteiger partial charge on any atom is 0.237 e. The van der Waals surface area contributed by atoms with Gasteiger partial charge >= 0.3 is 0 Å². The molecule has 0 spiro atoms. The molecule has 2 atom stereocenters. The minimum Gasteiger partial charge on any atom is -0.389 e. The highest BCUT2D eigenvalue weighted by atomic mass is 35.5. The highest BCUT2D eigenvalue weighted by Gasteiger charge is 2.10. The number of ether oxygens (including phenoxy) is 1. The minimum atomic E-state index is -0.672. The van der Waals surface area contributed by atoms with Crippen LogP contribution >= 0.6 is 11.6 Å². The van der Waals surface area contributed by atoms with Crippen molar-refractivity contribution in [2.75, 3.05) is 20.3 Å². The Morgan fingerprint density at radius 2 is 2.33 bits per heavy atom. The van der Waals surface area contributed by atoms with Crippen LogP contribution in [0.25, 0.3) is 0 Å². The van der Waals surface area contributed by atoms with Crippen LogP contribution in [-0.2, 0) is 9.53 Å². The second-order valence-corrected chi connectivity index (χ2v) is 3.12. The second kappa shape index (κ2) is 6.22. The van der Waals surface area contributed by atoms with Gasteiger partial charge in [-0.25, -0.2) is 0 Å². The summed E-state index contributed by atoms with van der Waals surface area (Å²) in [6.07, 6.45) is -0.672. The SMILES string of the molecule is COC[C@H](O)CNC(=O)C(C)Cl. The lowest BCUT2D eigenvalue weighted by Gasteiger charge is -2.11. The summed E-state index contributed by atoms with van der Waals surface area (Å²) in [5.74, 6) is -0.285. The molecule has 4 nitrogen and oxygen atoms in total. The van der Waals surface area contributed by atoms with Gasteiger partial charge in [-0.2, -0.15) is 0 Å². The van der Waals surface area contributed by atoms with Crippen molar-refractivity contribution in [3.63, 3.8) is 0 Å². The van der Waals surface area contributed by atoms with E-state index in [0.717, 1.165) is 0 Å². The van der Waals surface area contributed by atoms with E-state index >= 15 is 0 Å². The van der Waals surface area contributed by atoms with Gasteiger partial charge in [0.15, 0.2) is 0 Å². The predicted octanol–water partition coefficient (Wildman–Crippen LogP) is -0.263. The van der Waals surface area contributed by atoms with E-state index in [-0.39, 0.29) is 19.1 Å². The van der Waals surface area contributed by atoms with Crippen LogP contribution in [0.3, 0.4) is 0 Å². The van der Waals surface area contributed by atoms with E-state index in [1.807, 2.05) is 0 Å². The van der Waals surface area contributed by atoms with Gasteiger partial charge in [0.2, 0.25) is 5.91 Å². The molecule has 1 amide bonds. The molecule has 1 unspecified atom stereocenters. The number of methoxy groups -OCH3 is 1. The molecule has 0 aliphatic heterocycles. The molecule has 0 radical (unpaired) electrons. The van der Waals surface area contributed by atoms with E-state index in [9.17, 15) is 4.79 Å². The number of hydrogen-bond acceptors (Lipinski definition) is 3. The van der Waals surface area contributed by atoms with Crippen molar-refractivity contribution in [2.45, 2.75) is 18.4 Å². The summed E-state index contributed by atoms with van der Waals surface area (Å²) in [6, 6.07) is 0. The van der Waals surface area contributed by atoms with Gasteiger partial charge in [0, 0.05) is 13.7 Å². The third-order valence-electron chi connectivity index (χ3n) is 1.23. The largest absolute Gasteiger partial charge is 0.389 e. The lowest BCUT2D eigenvalue weighted by Crippen LogP contribution is -2.37. The van der Waals surface area contributed by atoms with Crippen molar-refractivity contribution in [3.8, 4) is 0 Å². The lowest BCUT2D eigenvalue weighted by molar-refractivity contribution is -0.121.